The zero-order chi connectivity index (χ0) is 13.0. The average molecular weight is 244 g/mol. The van der Waals surface area contributed by atoms with E-state index in [1.807, 2.05) is 24.3 Å². The Morgan fingerprint density at radius 2 is 1.78 bits per heavy atom. The van der Waals surface area contributed by atoms with Crippen molar-refractivity contribution in [2.24, 2.45) is 0 Å². The highest BCUT2D eigenvalue weighted by Gasteiger charge is 2.32. The minimum Gasteiger partial charge on any atom is -0.478 e. The van der Waals surface area contributed by atoms with Gasteiger partial charge in [-0.3, -0.25) is 0 Å². The van der Waals surface area contributed by atoms with Crippen LogP contribution in [0.15, 0.2) is 42.0 Å². The molecule has 0 aliphatic heterocycles. The number of hydrogen-bond acceptors (Lipinski definition) is 1. The monoisotopic (exact) mass is 244 g/mol. The van der Waals surface area contributed by atoms with Crippen LogP contribution in [0.25, 0.3) is 0 Å². The molecule has 0 saturated heterocycles. The Labute approximate surface area is 108 Å². The number of aliphatic carboxylic acids is 1. The van der Waals surface area contributed by atoms with Gasteiger partial charge in [0, 0.05) is 11.0 Å². The predicted octanol–water partition coefficient (Wildman–Crippen LogP) is 3.92. The summed E-state index contributed by atoms with van der Waals surface area (Å²) in [6, 6.07) is 10.3. The second kappa shape index (κ2) is 5.38. The summed E-state index contributed by atoms with van der Waals surface area (Å²) in [5.41, 5.74) is 1.65. The number of carbonyl (C=O) groups is 1. The lowest BCUT2D eigenvalue weighted by Gasteiger charge is -2.35. The fourth-order valence-electron chi connectivity index (χ4n) is 2.95. The Bertz CT molecular complexity index is 439. The van der Waals surface area contributed by atoms with Crippen LogP contribution in [0, 0.1) is 0 Å². The molecule has 96 valence electrons. The highest BCUT2D eigenvalue weighted by atomic mass is 16.4. The largest absolute Gasteiger partial charge is 0.478 e. The molecule has 0 heterocycles. The Morgan fingerprint density at radius 3 is 2.33 bits per heavy atom. The Hall–Kier alpha value is -1.57. The third-order valence-electron chi connectivity index (χ3n) is 3.92. The van der Waals surface area contributed by atoms with Crippen molar-refractivity contribution < 1.29 is 9.90 Å². The molecule has 0 aromatic heterocycles. The van der Waals surface area contributed by atoms with E-state index >= 15 is 0 Å². The number of benzene rings is 1. The van der Waals surface area contributed by atoms with Gasteiger partial charge in [0.15, 0.2) is 0 Å². The second-order valence-electron chi connectivity index (χ2n) is 5.22. The number of hydrogen-bond donors (Lipinski definition) is 1. The maximum Gasteiger partial charge on any atom is 0.330 e. The molecule has 1 aliphatic rings. The Morgan fingerprint density at radius 1 is 1.17 bits per heavy atom. The first-order chi connectivity index (χ1) is 8.64. The van der Waals surface area contributed by atoms with Gasteiger partial charge in [0.05, 0.1) is 0 Å². The summed E-state index contributed by atoms with van der Waals surface area (Å²) in [4.78, 5) is 11.1. The van der Waals surface area contributed by atoms with Crippen molar-refractivity contribution in [3.63, 3.8) is 0 Å². The molecule has 1 saturated carbocycles. The molecule has 0 bridgehead atoms. The summed E-state index contributed by atoms with van der Waals surface area (Å²) in [7, 11) is 0. The highest BCUT2D eigenvalue weighted by Crippen LogP contribution is 2.41. The van der Waals surface area contributed by atoms with E-state index in [9.17, 15) is 4.79 Å². The van der Waals surface area contributed by atoms with Crippen molar-refractivity contribution in [3.05, 3.63) is 47.5 Å². The first-order valence-corrected chi connectivity index (χ1v) is 6.62. The summed E-state index contributed by atoms with van der Waals surface area (Å²) in [6.45, 7) is 1.70. The van der Waals surface area contributed by atoms with Crippen molar-refractivity contribution in [2.75, 3.05) is 0 Å². The summed E-state index contributed by atoms with van der Waals surface area (Å²) in [6.07, 6.45) is 7.71. The Kier molecular flexibility index (Phi) is 3.85. The van der Waals surface area contributed by atoms with Crippen LogP contribution in [-0.4, -0.2) is 11.1 Å². The molecular formula is C16H20O2. The van der Waals surface area contributed by atoms with Gasteiger partial charge in [-0.05, 0) is 25.3 Å². The van der Waals surface area contributed by atoms with Crippen LogP contribution in [0.1, 0.15) is 44.6 Å². The van der Waals surface area contributed by atoms with E-state index in [0.717, 1.165) is 12.8 Å². The Balaban J connectivity index is 2.41. The lowest BCUT2D eigenvalue weighted by Crippen LogP contribution is -2.27. The molecule has 1 aliphatic carbocycles. The van der Waals surface area contributed by atoms with E-state index in [1.165, 1.54) is 24.8 Å². The van der Waals surface area contributed by atoms with Crippen LogP contribution < -0.4 is 0 Å². The highest BCUT2D eigenvalue weighted by molar-refractivity contribution is 5.86. The molecule has 1 fully saturated rings. The van der Waals surface area contributed by atoms with E-state index in [1.54, 1.807) is 6.92 Å². The number of allylic oxidation sites excluding steroid dienone is 1. The quantitative estimate of drug-likeness (QED) is 0.818. The molecule has 0 spiro atoms. The van der Waals surface area contributed by atoms with Crippen LogP contribution in [0.3, 0.4) is 0 Å². The minimum atomic E-state index is -0.809. The van der Waals surface area contributed by atoms with Crippen LogP contribution >= 0.6 is 0 Å². The standard InChI is InChI=1S/C16H20O2/c1-13(15(17)18)12-16(10-6-3-7-11-16)14-8-4-2-5-9-14/h2,4-5,8-9,12H,3,6-7,10-11H2,1H3,(H,17,18)/b13-12+. The van der Waals surface area contributed by atoms with E-state index in [2.05, 4.69) is 12.1 Å². The van der Waals surface area contributed by atoms with Gasteiger partial charge in [0.25, 0.3) is 0 Å². The smallest absolute Gasteiger partial charge is 0.330 e. The van der Waals surface area contributed by atoms with Crippen LogP contribution in [0.2, 0.25) is 0 Å². The fraction of sp³-hybridized carbons (Fsp3) is 0.438. The zero-order valence-electron chi connectivity index (χ0n) is 10.9. The third-order valence-corrected chi connectivity index (χ3v) is 3.92. The van der Waals surface area contributed by atoms with Gasteiger partial charge in [-0.25, -0.2) is 4.79 Å². The molecule has 2 heteroatoms. The maximum absolute atomic E-state index is 11.1. The zero-order valence-corrected chi connectivity index (χ0v) is 10.9. The van der Waals surface area contributed by atoms with Crippen LogP contribution in [-0.2, 0) is 10.2 Å². The second-order valence-corrected chi connectivity index (χ2v) is 5.22. The molecule has 0 amide bonds. The van der Waals surface area contributed by atoms with Gasteiger partial charge in [0.1, 0.15) is 0 Å². The number of carboxylic acids is 1. The van der Waals surface area contributed by atoms with Crippen LogP contribution in [0.5, 0.6) is 0 Å². The van der Waals surface area contributed by atoms with Gasteiger partial charge in [0.2, 0.25) is 0 Å². The molecule has 2 rings (SSSR count). The SMILES string of the molecule is C/C(=C\C1(c2ccccc2)CCCCC1)C(=O)O. The van der Waals surface area contributed by atoms with E-state index in [0.29, 0.717) is 5.57 Å². The molecule has 1 N–H and O–H groups in total. The van der Waals surface area contributed by atoms with Gasteiger partial charge in [-0.15, -0.1) is 0 Å². The third kappa shape index (κ3) is 2.63. The molecule has 1 aromatic carbocycles. The van der Waals surface area contributed by atoms with Gasteiger partial charge >= 0.3 is 5.97 Å². The maximum atomic E-state index is 11.1. The summed E-state index contributed by atoms with van der Waals surface area (Å²) < 4.78 is 0. The van der Waals surface area contributed by atoms with Crippen molar-refractivity contribution in [3.8, 4) is 0 Å². The molecule has 18 heavy (non-hydrogen) atoms. The first-order valence-electron chi connectivity index (χ1n) is 6.62. The lowest BCUT2D eigenvalue weighted by molar-refractivity contribution is -0.132. The van der Waals surface area contributed by atoms with Crippen molar-refractivity contribution >= 4 is 5.97 Å². The summed E-state index contributed by atoms with van der Waals surface area (Å²) in [5, 5.41) is 9.11. The summed E-state index contributed by atoms with van der Waals surface area (Å²) in [5.74, 6) is -0.809. The predicted molar refractivity (Wildman–Crippen MR) is 72.6 cm³/mol. The molecule has 0 atom stereocenters. The molecular weight excluding hydrogens is 224 g/mol. The molecule has 0 unspecified atom stereocenters. The molecule has 2 nitrogen and oxygen atoms in total. The van der Waals surface area contributed by atoms with Gasteiger partial charge in [-0.2, -0.15) is 0 Å². The van der Waals surface area contributed by atoms with Crippen molar-refractivity contribution in [2.45, 2.75) is 44.4 Å². The van der Waals surface area contributed by atoms with Gasteiger partial charge < -0.3 is 5.11 Å². The van der Waals surface area contributed by atoms with E-state index < -0.39 is 5.97 Å². The first kappa shape index (κ1) is 12.9. The van der Waals surface area contributed by atoms with E-state index in [4.69, 9.17) is 5.11 Å². The average Bonchev–Trinajstić information content (AvgIpc) is 2.40. The fourth-order valence-corrected chi connectivity index (χ4v) is 2.95. The van der Waals surface area contributed by atoms with E-state index in [-0.39, 0.29) is 5.41 Å². The molecule has 1 aromatic rings. The topological polar surface area (TPSA) is 37.3 Å². The molecule has 0 radical (unpaired) electrons. The lowest BCUT2D eigenvalue weighted by atomic mass is 9.68. The number of rotatable bonds is 3. The van der Waals surface area contributed by atoms with Crippen molar-refractivity contribution in [1.29, 1.82) is 0 Å². The van der Waals surface area contributed by atoms with Gasteiger partial charge in [-0.1, -0.05) is 55.7 Å². The summed E-state index contributed by atoms with van der Waals surface area (Å²) >= 11 is 0. The normalized spacial score (nSPS) is 19.5. The number of carboxylic acid groups (broad SMARTS) is 1. The van der Waals surface area contributed by atoms with Crippen molar-refractivity contribution in [1.82, 2.24) is 0 Å². The van der Waals surface area contributed by atoms with Crippen LogP contribution in [0.4, 0.5) is 0 Å². The minimum absolute atomic E-state index is 0.0675.